The van der Waals surface area contributed by atoms with Crippen LogP contribution >= 0.6 is 0 Å². The Kier molecular flexibility index (Phi) is 8.92. The average molecular weight is 459 g/mol. The molecule has 1 N–H and O–H groups in total. The van der Waals surface area contributed by atoms with Gasteiger partial charge in [0.15, 0.2) is 0 Å². The Morgan fingerprint density at radius 3 is 2.64 bits per heavy atom. The number of likely N-dealkylation sites (tertiary alicyclic amines) is 1. The number of piperidine rings is 1. The fourth-order valence-corrected chi connectivity index (χ4v) is 3.87. The Labute approximate surface area is 197 Å². The molecule has 1 fully saturated rings. The molecule has 2 aromatic rings. The van der Waals surface area contributed by atoms with Crippen LogP contribution in [-0.2, 0) is 16.1 Å². The van der Waals surface area contributed by atoms with Gasteiger partial charge in [-0.05, 0) is 58.6 Å². The van der Waals surface area contributed by atoms with Crippen molar-refractivity contribution in [3.05, 3.63) is 35.5 Å². The fraction of sp³-hybridized carbons (Fsp3) is 0.615. The third-order valence-corrected chi connectivity index (χ3v) is 6.02. The number of hydrogen-bond donors (Lipinski definition) is 1. The number of carbonyl (C=O) groups excluding carboxylic acids is 1. The number of carbonyl (C=O) groups is 1. The lowest BCUT2D eigenvalue weighted by molar-refractivity contribution is -0.0240. The minimum absolute atomic E-state index is 0.113. The van der Waals surface area contributed by atoms with Gasteiger partial charge in [-0.2, -0.15) is 0 Å². The standard InChI is InChI=1S/C26H38N2O5/c1-5-6-16-32-24-19(2)23(27-22-10-8-7-9-21(22)24)18-33-25(29)28-14-11-20(12-15-28)31-17-13-26(3,4)30/h7-10,20,30H,5-6,11-18H2,1-4H3. The normalized spacial score (nSPS) is 15.1. The quantitative estimate of drug-likeness (QED) is 0.505. The molecular formula is C26H38N2O5. The third kappa shape index (κ3) is 7.30. The number of para-hydroxylation sites is 1. The number of amides is 1. The van der Waals surface area contributed by atoms with Crippen molar-refractivity contribution < 1.29 is 24.1 Å². The van der Waals surface area contributed by atoms with E-state index in [0.29, 0.717) is 32.7 Å². The van der Waals surface area contributed by atoms with Crippen LogP contribution in [0.25, 0.3) is 10.9 Å². The van der Waals surface area contributed by atoms with Crippen LogP contribution in [0, 0.1) is 6.92 Å². The zero-order valence-electron chi connectivity index (χ0n) is 20.4. The Morgan fingerprint density at radius 1 is 1.21 bits per heavy atom. The first-order valence-corrected chi connectivity index (χ1v) is 12.0. The van der Waals surface area contributed by atoms with E-state index in [-0.39, 0.29) is 18.8 Å². The SMILES string of the molecule is CCCCOc1c(C)c(COC(=O)N2CCC(OCCC(C)(C)O)CC2)nc2ccccc12. The topological polar surface area (TPSA) is 81.1 Å². The highest BCUT2D eigenvalue weighted by Crippen LogP contribution is 2.31. The molecule has 0 radical (unpaired) electrons. The summed E-state index contributed by atoms with van der Waals surface area (Å²) in [4.78, 5) is 19.1. The van der Waals surface area contributed by atoms with Crippen LogP contribution < -0.4 is 4.74 Å². The van der Waals surface area contributed by atoms with E-state index < -0.39 is 5.60 Å². The molecule has 182 valence electrons. The molecule has 1 amide bonds. The summed E-state index contributed by atoms with van der Waals surface area (Å²) in [5, 5.41) is 10.8. The molecule has 1 saturated heterocycles. The first-order valence-electron chi connectivity index (χ1n) is 12.0. The summed E-state index contributed by atoms with van der Waals surface area (Å²) in [7, 11) is 0. The predicted molar refractivity (Wildman–Crippen MR) is 129 cm³/mol. The van der Waals surface area contributed by atoms with E-state index >= 15 is 0 Å². The highest BCUT2D eigenvalue weighted by molar-refractivity contribution is 5.86. The second kappa shape index (κ2) is 11.7. The van der Waals surface area contributed by atoms with Crippen molar-refractivity contribution in [2.24, 2.45) is 0 Å². The number of fused-ring (bicyclic) bond motifs is 1. The lowest BCUT2D eigenvalue weighted by Crippen LogP contribution is -2.41. The second-order valence-electron chi connectivity index (χ2n) is 9.41. The van der Waals surface area contributed by atoms with E-state index in [1.54, 1.807) is 18.7 Å². The summed E-state index contributed by atoms with van der Waals surface area (Å²) in [5.41, 5.74) is 1.75. The van der Waals surface area contributed by atoms with Crippen molar-refractivity contribution in [2.45, 2.75) is 78.1 Å². The van der Waals surface area contributed by atoms with Gasteiger partial charge < -0.3 is 24.2 Å². The van der Waals surface area contributed by atoms with Crippen molar-refractivity contribution in [3.8, 4) is 5.75 Å². The highest BCUT2D eigenvalue weighted by Gasteiger charge is 2.25. The number of rotatable bonds is 10. The van der Waals surface area contributed by atoms with Gasteiger partial charge in [0.2, 0.25) is 0 Å². The Bertz CT molecular complexity index is 917. The van der Waals surface area contributed by atoms with Gasteiger partial charge in [0.25, 0.3) is 0 Å². The lowest BCUT2D eigenvalue weighted by atomic mass is 10.1. The van der Waals surface area contributed by atoms with Gasteiger partial charge in [0.05, 0.1) is 29.5 Å². The van der Waals surface area contributed by atoms with Crippen molar-refractivity contribution in [1.29, 1.82) is 0 Å². The zero-order chi connectivity index (χ0) is 23.8. The number of hydrogen-bond acceptors (Lipinski definition) is 6. The molecule has 7 nitrogen and oxygen atoms in total. The molecule has 1 aliphatic rings. The van der Waals surface area contributed by atoms with Gasteiger partial charge in [-0.25, -0.2) is 9.78 Å². The smallest absolute Gasteiger partial charge is 0.410 e. The Balaban J connectivity index is 1.56. The number of ether oxygens (including phenoxy) is 3. The van der Waals surface area contributed by atoms with Crippen LogP contribution in [-0.4, -0.2) is 59.1 Å². The van der Waals surface area contributed by atoms with E-state index in [2.05, 4.69) is 6.92 Å². The van der Waals surface area contributed by atoms with Gasteiger partial charge in [-0.1, -0.05) is 25.5 Å². The maximum Gasteiger partial charge on any atom is 0.410 e. The number of aromatic nitrogens is 1. The molecule has 0 spiro atoms. The van der Waals surface area contributed by atoms with Gasteiger partial charge in [0.1, 0.15) is 12.4 Å². The van der Waals surface area contributed by atoms with E-state index in [1.165, 1.54) is 0 Å². The molecule has 3 rings (SSSR count). The molecule has 33 heavy (non-hydrogen) atoms. The molecule has 0 bridgehead atoms. The highest BCUT2D eigenvalue weighted by atomic mass is 16.6. The monoisotopic (exact) mass is 458 g/mol. The minimum atomic E-state index is -0.722. The first-order chi connectivity index (χ1) is 15.8. The van der Waals surface area contributed by atoms with Crippen LogP contribution in [0.1, 0.15) is 64.1 Å². The van der Waals surface area contributed by atoms with Crippen LogP contribution in [0.2, 0.25) is 0 Å². The van der Waals surface area contributed by atoms with E-state index in [4.69, 9.17) is 19.2 Å². The van der Waals surface area contributed by atoms with Crippen molar-refractivity contribution >= 4 is 17.0 Å². The zero-order valence-corrected chi connectivity index (χ0v) is 20.4. The van der Waals surface area contributed by atoms with Crippen molar-refractivity contribution in [2.75, 3.05) is 26.3 Å². The maximum absolute atomic E-state index is 12.7. The predicted octanol–water partition coefficient (Wildman–Crippen LogP) is 5.00. The largest absolute Gasteiger partial charge is 0.493 e. The molecule has 1 aromatic carbocycles. The Hall–Kier alpha value is -2.38. The second-order valence-corrected chi connectivity index (χ2v) is 9.41. The van der Waals surface area contributed by atoms with Crippen LogP contribution in [0.3, 0.4) is 0 Å². The van der Waals surface area contributed by atoms with E-state index in [9.17, 15) is 9.90 Å². The minimum Gasteiger partial charge on any atom is -0.493 e. The number of nitrogens with zero attached hydrogens (tertiary/aromatic N) is 2. The summed E-state index contributed by atoms with van der Waals surface area (Å²) < 4.78 is 17.6. The van der Waals surface area contributed by atoms with Gasteiger partial charge in [0, 0.05) is 30.6 Å². The van der Waals surface area contributed by atoms with Gasteiger partial charge in [-0.3, -0.25) is 0 Å². The van der Waals surface area contributed by atoms with E-state index in [1.807, 2.05) is 31.2 Å². The molecule has 0 unspecified atom stereocenters. The molecule has 0 atom stereocenters. The Morgan fingerprint density at radius 2 is 1.94 bits per heavy atom. The molecule has 0 aliphatic carbocycles. The van der Waals surface area contributed by atoms with Crippen molar-refractivity contribution in [1.82, 2.24) is 9.88 Å². The average Bonchev–Trinajstić information content (AvgIpc) is 2.79. The third-order valence-electron chi connectivity index (χ3n) is 6.02. The van der Waals surface area contributed by atoms with E-state index in [0.717, 1.165) is 53.6 Å². The first kappa shape index (κ1) is 25.2. The summed E-state index contributed by atoms with van der Waals surface area (Å²) >= 11 is 0. The summed E-state index contributed by atoms with van der Waals surface area (Å²) in [6.07, 6.45) is 3.97. The summed E-state index contributed by atoms with van der Waals surface area (Å²) in [6, 6.07) is 7.90. The molecule has 7 heteroatoms. The summed E-state index contributed by atoms with van der Waals surface area (Å²) in [5.74, 6) is 0.823. The molecule has 1 aliphatic heterocycles. The van der Waals surface area contributed by atoms with Crippen LogP contribution in [0.15, 0.2) is 24.3 Å². The number of unbranched alkanes of at least 4 members (excludes halogenated alkanes) is 1. The van der Waals surface area contributed by atoms with Gasteiger partial charge in [-0.15, -0.1) is 0 Å². The van der Waals surface area contributed by atoms with Crippen molar-refractivity contribution in [3.63, 3.8) is 0 Å². The molecule has 1 aromatic heterocycles. The number of pyridine rings is 1. The molecule has 2 heterocycles. The fourth-order valence-electron chi connectivity index (χ4n) is 3.87. The van der Waals surface area contributed by atoms with Crippen LogP contribution in [0.5, 0.6) is 5.75 Å². The number of benzene rings is 1. The van der Waals surface area contributed by atoms with Crippen LogP contribution in [0.4, 0.5) is 4.79 Å². The van der Waals surface area contributed by atoms with Gasteiger partial charge >= 0.3 is 6.09 Å². The maximum atomic E-state index is 12.7. The molecule has 0 saturated carbocycles. The lowest BCUT2D eigenvalue weighted by Gasteiger charge is -2.31. The molecular weight excluding hydrogens is 420 g/mol. The summed E-state index contributed by atoms with van der Waals surface area (Å²) in [6.45, 7) is 10.1. The number of aliphatic hydroxyl groups is 1.